The van der Waals surface area contributed by atoms with Crippen LogP contribution in [0.5, 0.6) is 0 Å². The Morgan fingerprint density at radius 2 is 2.43 bits per heavy atom. The lowest BCUT2D eigenvalue weighted by Gasteiger charge is -2.33. The second-order valence-electron chi connectivity index (χ2n) is 4.00. The molecule has 1 heterocycles. The molecule has 0 bridgehead atoms. The highest BCUT2D eigenvalue weighted by molar-refractivity contribution is 4.78. The second kappa shape index (κ2) is 6.35. The van der Waals surface area contributed by atoms with Crippen LogP contribution in [-0.2, 0) is 4.74 Å². The zero-order chi connectivity index (χ0) is 10.4. The molecule has 0 aromatic rings. The van der Waals surface area contributed by atoms with Gasteiger partial charge in [0.15, 0.2) is 0 Å². The van der Waals surface area contributed by atoms with Gasteiger partial charge in [0.1, 0.15) is 0 Å². The molecule has 2 unspecified atom stereocenters. The smallest absolute Gasteiger partial charge is 0.0900 e. The molecule has 4 nitrogen and oxygen atoms in total. The summed E-state index contributed by atoms with van der Waals surface area (Å²) in [7, 11) is 3.62. The van der Waals surface area contributed by atoms with Gasteiger partial charge in [0.2, 0.25) is 0 Å². The van der Waals surface area contributed by atoms with Crippen LogP contribution >= 0.6 is 0 Å². The lowest BCUT2D eigenvalue weighted by molar-refractivity contribution is 0.0303. The van der Waals surface area contributed by atoms with Crippen LogP contribution in [0.1, 0.15) is 12.8 Å². The van der Waals surface area contributed by atoms with E-state index in [1.54, 1.807) is 7.11 Å². The van der Waals surface area contributed by atoms with E-state index in [-0.39, 0.29) is 6.10 Å². The van der Waals surface area contributed by atoms with E-state index >= 15 is 0 Å². The minimum Gasteiger partial charge on any atom is -0.389 e. The molecule has 0 aliphatic carbocycles. The van der Waals surface area contributed by atoms with Crippen LogP contribution in [0.15, 0.2) is 0 Å². The van der Waals surface area contributed by atoms with Gasteiger partial charge in [-0.05, 0) is 26.4 Å². The molecule has 14 heavy (non-hydrogen) atoms. The number of rotatable bonds is 5. The first kappa shape index (κ1) is 11.9. The fourth-order valence-corrected chi connectivity index (χ4v) is 2.00. The first-order chi connectivity index (χ1) is 6.76. The number of nitrogens with one attached hydrogen (secondary N) is 1. The number of aliphatic hydroxyl groups is 1. The van der Waals surface area contributed by atoms with Gasteiger partial charge in [-0.25, -0.2) is 0 Å². The van der Waals surface area contributed by atoms with Gasteiger partial charge in [0, 0.05) is 26.2 Å². The molecule has 2 atom stereocenters. The molecular weight excluding hydrogens is 180 g/mol. The van der Waals surface area contributed by atoms with Gasteiger partial charge < -0.3 is 15.2 Å². The third kappa shape index (κ3) is 3.92. The van der Waals surface area contributed by atoms with Gasteiger partial charge in [-0.2, -0.15) is 0 Å². The van der Waals surface area contributed by atoms with E-state index in [0.717, 1.165) is 19.6 Å². The standard InChI is InChI=1S/C10H22N2O2/c1-11-9-4-3-5-12(6-9)7-10(13)8-14-2/h9-11,13H,3-8H2,1-2H3. The Balaban J connectivity index is 2.22. The summed E-state index contributed by atoms with van der Waals surface area (Å²) in [5, 5.41) is 12.9. The molecule has 1 aliphatic rings. The number of β-amino-alcohol motifs (C(OH)–C–C–N with tert-alkyl or cyclic N) is 1. The third-order valence-corrected chi connectivity index (χ3v) is 2.74. The monoisotopic (exact) mass is 202 g/mol. The molecule has 1 fully saturated rings. The number of ether oxygens (including phenoxy) is 1. The number of hydrogen-bond acceptors (Lipinski definition) is 4. The van der Waals surface area contributed by atoms with Crippen molar-refractivity contribution in [3.05, 3.63) is 0 Å². The maximum Gasteiger partial charge on any atom is 0.0900 e. The van der Waals surface area contributed by atoms with Crippen LogP contribution in [0.3, 0.4) is 0 Å². The topological polar surface area (TPSA) is 44.7 Å². The summed E-state index contributed by atoms with van der Waals surface area (Å²) < 4.78 is 4.91. The molecule has 0 aromatic carbocycles. The maximum atomic E-state index is 9.57. The van der Waals surface area contributed by atoms with Crippen molar-refractivity contribution in [1.29, 1.82) is 0 Å². The predicted molar refractivity (Wildman–Crippen MR) is 56.4 cm³/mol. The maximum absolute atomic E-state index is 9.57. The molecule has 1 saturated heterocycles. The van der Waals surface area contributed by atoms with Crippen LogP contribution in [-0.4, -0.2) is 62.6 Å². The zero-order valence-electron chi connectivity index (χ0n) is 9.20. The molecule has 84 valence electrons. The highest BCUT2D eigenvalue weighted by Gasteiger charge is 2.20. The summed E-state index contributed by atoms with van der Waals surface area (Å²) in [6.45, 7) is 3.29. The second-order valence-corrected chi connectivity index (χ2v) is 4.00. The summed E-state index contributed by atoms with van der Waals surface area (Å²) in [5.74, 6) is 0. The lowest BCUT2D eigenvalue weighted by atomic mass is 10.1. The van der Waals surface area contributed by atoms with Crippen LogP contribution in [0.4, 0.5) is 0 Å². The summed E-state index contributed by atoms with van der Waals surface area (Å²) in [5.41, 5.74) is 0. The number of piperidine rings is 1. The molecule has 1 aliphatic heterocycles. The summed E-state index contributed by atoms with van der Waals surface area (Å²) >= 11 is 0. The van der Waals surface area contributed by atoms with Gasteiger partial charge in [-0.15, -0.1) is 0 Å². The predicted octanol–water partition coefficient (Wildman–Crippen LogP) is -0.322. The Bertz CT molecular complexity index is 155. The van der Waals surface area contributed by atoms with Crippen molar-refractivity contribution in [2.24, 2.45) is 0 Å². The van der Waals surface area contributed by atoms with Crippen molar-refractivity contribution >= 4 is 0 Å². The molecule has 4 heteroatoms. The van der Waals surface area contributed by atoms with E-state index in [4.69, 9.17) is 4.74 Å². The Kier molecular flexibility index (Phi) is 5.40. The van der Waals surface area contributed by atoms with E-state index in [0.29, 0.717) is 12.6 Å². The third-order valence-electron chi connectivity index (χ3n) is 2.74. The summed E-state index contributed by atoms with van der Waals surface area (Å²) in [4.78, 5) is 2.30. The number of aliphatic hydroxyl groups excluding tert-OH is 1. The molecular formula is C10H22N2O2. The SMILES string of the molecule is CNC1CCCN(CC(O)COC)C1. The van der Waals surface area contributed by atoms with Gasteiger partial charge in [0.05, 0.1) is 12.7 Å². The lowest BCUT2D eigenvalue weighted by Crippen LogP contribution is -2.47. The largest absolute Gasteiger partial charge is 0.389 e. The van der Waals surface area contributed by atoms with Crippen molar-refractivity contribution in [3.63, 3.8) is 0 Å². The van der Waals surface area contributed by atoms with Gasteiger partial charge in [-0.3, -0.25) is 4.90 Å². The number of likely N-dealkylation sites (tertiary alicyclic amines) is 1. The van der Waals surface area contributed by atoms with E-state index in [1.165, 1.54) is 12.8 Å². The van der Waals surface area contributed by atoms with Crippen molar-refractivity contribution in [1.82, 2.24) is 10.2 Å². The summed E-state index contributed by atoms with van der Waals surface area (Å²) in [6.07, 6.45) is 2.11. The van der Waals surface area contributed by atoms with Crippen molar-refractivity contribution in [2.75, 3.05) is 40.4 Å². The molecule has 0 radical (unpaired) electrons. The van der Waals surface area contributed by atoms with E-state index < -0.39 is 0 Å². The van der Waals surface area contributed by atoms with E-state index in [2.05, 4.69) is 10.2 Å². The van der Waals surface area contributed by atoms with Crippen LogP contribution in [0.25, 0.3) is 0 Å². The van der Waals surface area contributed by atoms with E-state index in [9.17, 15) is 5.11 Å². The summed E-state index contributed by atoms with van der Waals surface area (Å²) in [6, 6.07) is 0.582. The Labute approximate surface area is 86.2 Å². The first-order valence-electron chi connectivity index (χ1n) is 5.33. The fraction of sp³-hybridized carbons (Fsp3) is 1.00. The zero-order valence-corrected chi connectivity index (χ0v) is 9.20. The van der Waals surface area contributed by atoms with Crippen LogP contribution < -0.4 is 5.32 Å². The Morgan fingerprint density at radius 1 is 1.64 bits per heavy atom. The van der Waals surface area contributed by atoms with Gasteiger partial charge in [-0.1, -0.05) is 0 Å². The first-order valence-corrected chi connectivity index (χ1v) is 5.33. The molecule has 2 N–H and O–H groups in total. The highest BCUT2D eigenvalue weighted by atomic mass is 16.5. The number of hydrogen-bond donors (Lipinski definition) is 2. The Morgan fingerprint density at radius 3 is 3.07 bits per heavy atom. The average molecular weight is 202 g/mol. The number of likely N-dealkylation sites (N-methyl/N-ethyl adjacent to an activating group) is 1. The number of nitrogens with zero attached hydrogens (tertiary/aromatic N) is 1. The molecule has 1 rings (SSSR count). The highest BCUT2D eigenvalue weighted by Crippen LogP contribution is 2.09. The van der Waals surface area contributed by atoms with Gasteiger partial charge in [0.25, 0.3) is 0 Å². The van der Waals surface area contributed by atoms with E-state index in [1.807, 2.05) is 7.05 Å². The fourth-order valence-electron chi connectivity index (χ4n) is 2.00. The van der Waals surface area contributed by atoms with Gasteiger partial charge >= 0.3 is 0 Å². The minimum absolute atomic E-state index is 0.351. The molecule has 0 aromatic heterocycles. The molecule has 0 saturated carbocycles. The number of methoxy groups -OCH3 is 1. The minimum atomic E-state index is -0.351. The molecule has 0 amide bonds. The Hall–Kier alpha value is -0.160. The molecule has 0 spiro atoms. The quantitative estimate of drug-likeness (QED) is 0.641. The van der Waals surface area contributed by atoms with Crippen molar-refractivity contribution in [3.8, 4) is 0 Å². The normalized spacial score (nSPS) is 26.4. The average Bonchev–Trinajstić information content (AvgIpc) is 2.18. The van der Waals surface area contributed by atoms with Crippen LogP contribution in [0, 0.1) is 0 Å². The van der Waals surface area contributed by atoms with Crippen molar-refractivity contribution < 1.29 is 9.84 Å². The van der Waals surface area contributed by atoms with Crippen LogP contribution in [0.2, 0.25) is 0 Å². The van der Waals surface area contributed by atoms with Crippen molar-refractivity contribution in [2.45, 2.75) is 25.0 Å².